The maximum Gasteiger partial charge on any atom is 0.662 e. The summed E-state index contributed by atoms with van der Waals surface area (Å²) in [5.74, 6) is -0.834. The highest BCUT2D eigenvalue weighted by atomic mass is 16.7. The van der Waals surface area contributed by atoms with Gasteiger partial charge >= 0.3 is 11.9 Å². The van der Waals surface area contributed by atoms with Crippen LogP contribution in [-0.2, 0) is 19.3 Å². The Morgan fingerprint density at radius 2 is 0.562 bits per heavy atom. The van der Waals surface area contributed by atoms with Crippen LogP contribution in [0.15, 0.2) is 24.3 Å². The van der Waals surface area contributed by atoms with Gasteiger partial charge in [0.25, 0.3) is 0 Å². The summed E-state index contributed by atoms with van der Waals surface area (Å²) in [6.07, 6.45) is 48.9. The molecule has 0 bridgehead atoms. The molecule has 0 aliphatic carbocycles. The monoisotopic (exact) mass is 679 g/mol. The number of carbonyl (C=O) groups is 2. The summed E-state index contributed by atoms with van der Waals surface area (Å²) in [4.78, 5) is 33.9. The Morgan fingerprint density at radius 3 is 0.792 bits per heavy atom. The van der Waals surface area contributed by atoms with E-state index < -0.39 is 11.9 Å². The fourth-order valence-electron chi connectivity index (χ4n) is 6.18. The molecule has 0 spiro atoms. The van der Waals surface area contributed by atoms with Crippen molar-refractivity contribution < 1.29 is 30.2 Å². The molecule has 6 nitrogen and oxygen atoms in total. The molecule has 0 aliphatic rings. The molecule has 0 aromatic carbocycles. The lowest BCUT2D eigenvalue weighted by Gasteiger charge is -2.03. The van der Waals surface area contributed by atoms with Crippen LogP contribution in [0.3, 0.4) is 0 Å². The molecule has 0 aromatic rings. The van der Waals surface area contributed by atoms with Crippen LogP contribution in [0.2, 0.25) is 0 Å². The van der Waals surface area contributed by atoms with Gasteiger partial charge in [-0.2, -0.15) is 0 Å². The Kier molecular flexibility index (Phi) is 40.1. The molecule has 2 radical (unpaired) electrons. The van der Waals surface area contributed by atoms with Crippen molar-refractivity contribution in [3.63, 3.8) is 0 Å². The number of allylic oxidation sites excluding steroid dienone is 2. The zero-order chi connectivity index (χ0) is 34.9. The van der Waals surface area contributed by atoms with Gasteiger partial charge in [0.1, 0.15) is 25.2 Å². The molecule has 48 heavy (non-hydrogen) atoms. The van der Waals surface area contributed by atoms with Gasteiger partial charge in [-0.3, -0.25) is 0 Å². The molecule has 280 valence electrons. The average Bonchev–Trinajstić information content (AvgIpc) is 3.09. The summed E-state index contributed by atoms with van der Waals surface area (Å²) in [5, 5.41) is 0. The number of carbonyl (C=O) groups excluding carboxylic acids is 2. The van der Waals surface area contributed by atoms with Gasteiger partial charge in [-0.1, -0.05) is 214 Å². The molecule has 0 heterocycles. The third kappa shape index (κ3) is 40.5. The second-order valence-electron chi connectivity index (χ2n) is 14.1. The second kappa shape index (κ2) is 41.5. The average molecular weight is 679 g/mol. The topological polar surface area (TPSA) is 91.5 Å². The lowest BCUT2D eigenvalue weighted by Crippen LogP contribution is -2.84. The van der Waals surface area contributed by atoms with Gasteiger partial charge in [0.05, 0.1) is 9.59 Å². The Labute approximate surface area is 298 Å². The largest absolute Gasteiger partial charge is 0.662 e. The standard InChI is InChI=1S/C42H80N2O4/c1-3-5-7-9-11-13-15-17-19-21-23-25-27-29-31-35-39-43-47-41(45)37-33-34-38-42(46)48-44-40-36-32-30-28-26-24-22-20-18-16-14-12-10-8-6-4-2/h33-34,37-38,43-44H,3-32,35-36,39-40H2,1-2H3/q+2/p+2/b37-33+,38-34+. The van der Waals surface area contributed by atoms with Gasteiger partial charge in [0.2, 0.25) is 0 Å². The lowest BCUT2D eigenvalue weighted by atomic mass is 10.0. The van der Waals surface area contributed by atoms with Crippen LogP contribution in [0.25, 0.3) is 0 Å². The number of hydroxylamine groups is 2. The van der Waals surface area contributed by atoms with Gasteiger partial charge in [0, 0.05) is 12.8 Å². The summed E-state index contributed by atoms with van der Waals surface area (Å²) >= 11 is 0. The highest BCUT2D eigenvalue weighted by molar-refractivity contribution is 5.83. The molecular weight excluding hydrogens is 596 g/mol. The molecule has 0 unspecified atom stereocenters. The summed E-state index contributed by atoms with van der Waals surface area (Å²) in [6.45, 7) is 6.13. The first-order valence-corrected chi connectivity index (χ1v) is 21.1. The summed E-state index contributed by atoms with van der Waals surface area (Å²) < 4.78 is 0. The number of unbranched alkanes of at least 4 members (excludes halogenated alkanes) is 30. The molecular formula is C42H82N2O4+4. The number of hydrogen-bond donors (Lipinski definition) is 2. The van der Waals surface area contributed by atoms with E-state index in [0.29, 0.717) is 0 Å². The highest BCUT2D eigenvalue weighted by Crippen LogP contribution is 2.15. The first-order chi connectivity index (χ1) is 23.7. The molecule has 0 atom stereocenters. The summed E-state index contributed by atoms with van der Waals surface area (Å²) in [7, 11) is 0. The second-order valence-corrected chi connectivity index (χ2v) is 14.1. The molecule has 4 N–H and O–H groups in total. The Bertz CT molecular complexity index is 664. The minimum Gasteiger partial charge on any atom is -0.0846 e. The van der Waals surface area contributed by atoms with E-state index in [0.717, 1.165) is 25.9 Å². The van der Waals surface area contributed by atoms with Crippen LogP contribution in [-0.4, -0.2) is 25.0 Å². The zero-order valence-corrected chi connectivity index (χ0v) is 32.1. The summed E-state index contributed by atoms with van der Waals surface area (Å²) in [5.41, 5.74) is 3.20. The van der Waals surface area contributed by atoms with E-state index in [9.17, 15) is 9.59 Å². The molecule has 0 aromatic heterocycles. The molecule has 0 rings (SSSR count). The summed E-state index contributed by atoms with van der Waals surface area (Å²) in [6, 6.07) is 0. The number of hydrogen-bond acceptors (Lipinski definition) is 4. The first-order valence-electron chi connectivity index (χ1n) is 21.1. The van der Waals surface area contributed by atoms with E-state index in [1.807, 2.05) is 0 Å². The van der Waals surface area contributed by atoms with Gasteiger partial charge in [0.15, 0.2) is 0 Å². The molecule has 0 saturated carbocycles. The van der Waals surface area contributed by atoms with Crippen molar-refractivity contribution in [1.29, 1.82) is 0 Å². The van der Waals surface area contributed by atoms with Crippen molar-refractivity contribution in [2.24, 2.45) is 0 Å². The lowest BCUT2D eigenvalue weighted by molar-refractivity contribution is -0.871. The fraction of sp³-hybridized carbons (Fsp3) is 0.857. The van der Waals surface area contributed by atoms with E-state index >= 15 is 0 Å². The number of quaternary nitrogens is 2. The van der Waals surface area contributed by atoms with E-state index in [2.05, 4.69) is 13.8 Å². The van der Waals surface area contributed by atoms with Crippen LogP contribution in [0, 0.1) is 0 Å². The molecule has 0 amide bonds. The molecule has 0 fully saturated rings. The van der Waals surface area contributed by atoms with Crippen molar-refractivity contribution in [3.8, 4) is 0 Å². The predicted octanol–water partition coefficient (Wildman–Crippen LogP) is 10.7. The third-order valence-electron chi connectivity index (χ3n) is 9.33. The van der Waals surface area contributed by atoms with Gasteiger partial charge < -0.3 is 0 Å². The van der Waals surface area contributed by atoms with Gasteiger partial charge in [-0.05, 0) is 25.0 Å². The van der Waals surface area contributed by atoms with E-state index in [1.54, 1.807) is 11.0 Å². The fourth-order valence-corrected chi connectivity index (χ4v) is 6.18. The van der Waals surface area contributed by atoms with Crippen molar-refractivity contribution in [2.45, 2.75) is 219 Å². The van der Waals surface area contributed by atoms with Crippen LogP contribution < -0.4 is 11.0 Å². The van der Waals surface area contributed by atoms with Crippen molar-refractivity contribution in [1.82, 2.24) is 0 Å². The highest BCUT2D eigenvalue weighted by Gasteiger charge is 2.17. The zero-order valence-electron chi connectivity index (χ0n) is 32.1. The smallest absolute Gasteiger partial charge is 0.0846 e. The number of nitrogens with two attached hydrogens (primary N) is 2. The Morgan fingerprint density at radius 1 is 0.354 bits per heavy atom. The van der Waals surface area contributed by atoms with Gasteiger partial charge in [-0.25, -0.2) is 0 Å². The number of rotatable bonds is 39. The maximum absolute atomic E-state index is 11.8. The molecule has 0 aliphatic heterocycles. The van der Waals surface area contributed by atoms with E-state index in [-0.39, 0.29) is 0 Å². The minimum atomic E-state index is -0.417. The van der Waals surface area contributed by atoms with Crippen molar-refractivity contribution >= 4 is 11.9 Å². The Balaban J connectivity index is 3.37. The quantitative estimate of drug-likeness (QED) is 0.0222. The minimum absolute atomic E-state index is 0.417. The van der Waals surface area contributed by atoms with Gasteiger partial charge in [-0.15, -0.1) is 0 Å². The maximum atomic E-state index is 11.8. The third-order valence-corrected chi connectivity index (χ3v) is 9.33. The van der Waals surface area contributed by atoms with E-state index in [1.165, 1.54) is 217 Å². The first kappa shape index (κ1) is 46.3. The van der Waals surface area contributed by atoms with Crippen LogP contribution in [0.5, 0.6) is 0 Å². The molecule has 6 heteroatoms. The van der Waals surface area contributed by atoms with Crippen LogP contribution in [0.1, 0.15) is 219 Å². The van der Waals surface area contributed by atoms with Crippen molar-refractivity contribution in [3.05, 3.63) is 24.3 Å². The molecule has 0 saturated heterocycles. The van der Waals surface area contributed by atoms with Crippen LogP contribution in [0.4, 0.5) is 0 Å². The Hall–Kier alpha value is -1.66. The van der Waals surface area contributed by atoms with E-state index in [4.69, 9.17) is 9.68 Å². The van der Waals surface area contributed by atoms with Crippen molar-refractivity contribution in [2.75, 3.05) is 13.1 Å². The predicted molar refractivity (Wildman–Crippen MR) is 203 cm³/mol. The SMILES string of the molecule is CCCCCCCCCCCCCCCCCC[NH2+]OC(=[O+])/C=C/C=C/C(=[O+])O[NH2+]CCCCCCCCCCCCCCCCCC. The van der Waals surface area contributed by atoms with Crippen LogP contribution >= 0.6 is 0 Å². The normalized spacial score (nSPS) is 11.6.